The summed E-state index contributed by atoms with van der Waals surface area (Å²) in [5.41, 5.74) is 1.03. The number of nitrogens with one attached hydrogen (secondary N) is 1. The van der Waals surface area contributed by atoms with Crippen LogP contribution in [0.1, 0.15) is 12.0 Å². The molecule has 0 unspecified atom stereocenters. The highest BCUT2D eigenvalue weighted by atomic mass is 32.2. The third-order valence-electron chi connectivity index (χ3n) is 2.84. The Morgan fingerprint density at radius 3 is 2.62 bits per heavy atom. The van der Waals surface area contributed by atoms with Crippen molar-refractivity contribution in [1.29, 1.82) is 0 Å². The number of amides is 1. The van der Waals surface area contributed by atoms with Crippen LogP contribution in [-0.4, -0.2) is 24.1 Å². The van der Waals surface area contributed by atoms with E-state index >= 15 is 0 Å². The van der Waals surface area contributed by atoms with Gasteiger partial charge < -0.3 is 5.32 Å². The molecule has 2 aromatic rings. The van der Waals surface area contributed by atoms with Crippen molar-refractivity contribution in [3.8, 4) is 0 Å². The molecule has 7 nitrogen and oxygen atoms in total. The molecular formula is C13H16N4O3S. The van der Waals surface area contributed by atoms with E-state index in [9.17, 15) is 13.2 Å². The second-order valence-electron chi connectivity index (χ2n) is 4.59. The number of hydrogen-bond acceptors (Lipinski definition) is 4. The molecule has 2 rings (SSSR count). The lowest BCUT2D eigenvalue weighted by Gasteiger charge is -2.04. The highest BCUT2D eigenvalue weighted by molar-refractivity contribution is 7.89. The van der Waals surface area contributed by atoms with E-state index in [4.69, 9.17) is 5.14 Å². The third kappa shape index (κ3) is 4.14. The monoisotopic (exact) mass is 308 g/mol. The highest BCUT2D eigenvalue weighted by Gasteiger charge is 2.19. The van der Waals surface area contributed by atoms with Crippen LogP contribution >= 0.6 is 0 Å². The zero-order valence-electron chi connectivity index (χ0n) is 11.5. The van der Waals surface area contributed by atoms with Crippen molar-refractivity contribution < 1.29 is 13.2 Å². The maximum Gasteiger partial charge on any atom is 0.243 e. The van der Waals surface area contributed by atoms with Crippen molar-refractivity contribution in [1.82, 2.24) is 9.78 Å². The molecule has 1 aromatic heterocycles. The second-order valence-corrected chi connectivity index (χ2v) is 6.12. The summed E-state index contributed by atoms with van der Waals surface area (Å²) in [7, 11) is -2.37. The number of carbonyl (C=O) groups excluding carboxylic acids is 1. The number of sulfonamides is 1. The predicted molar refractivity (Wildman–Crippen MR) is 78.0 cm³/mol. The first-order chi connectivity index (χ1) is 9.86. The van der Waals surface area contributed by atoms with Crippen molar-refractivity contribution in [2.24, 2.45) is 12.2 Å². The van der Waals surface area contributed by atoms with Crippen LogP contribution in [0.25, 0.3) is 0 Å². The van der Waals surface area contributed by atoms with Gasteiger partial charge in [0.1, 0.15) is 4.90 Å². The lowest BCUT2D eigenvalue weighted by molar-refractivity contribution is -0.116. The molecule has 0 aliphatic heterocycles. The van der Waals surface area contributed by atoms with Crippen LogP contribution < -0.4 is 10.5 Å². The minimum atomic E-state index is -3.92. The Bertz CT molecular complexity index is 738. The number of benzene rings is 1. The number of nitrogens with two attached hydrogens (primary N) is 1. The number of carbonyl (C=O) groups is 1. The summed E-state index contributed by atoms with van der Waals surface area (Å²) < 4.78 is 24.1. The van der Waals surface area contributed by atoms with E-state index in [2.05, 4.69) is 10.4 Å². The van der Waals surface area contributed by atoms with Crippen LogP contribution in [0.5, 0.6) is 0 Å². The number of anilines is 1. The van der Waals surface area contributed by atoms with Crippen LogP contribution in [0.15, 0.2) is 41.4 Å². The van der Waals surface area contributed by atoms with Crippen molar-refractivity contribution in [3.05, 3.63) is 42.1 Å². The van der Waals surface area contributed by atoms with Crippen LogP contribution in [-0.2, 0) is 28.3 Å². The largest absolute Gasteiger partial charge is 0.308 e. The topological polar surface area (TPSA) is 107 Å². The summed E-state index contributed by atoms with van der Waals surface area (Å²) in [6, 6.07) is 9.53. The van der Waals surface area contributed by atoms with Gasteiger partial charge in [-0.3, -0.25) is 9.48 Å². The standard InChI is InChI=1S/C13H16N4O3S/c1-17-9-11(21(14,19)20)13(16-17)15-12(18)8-7-10-5-3-2-4-6-10/h2-6,9H,7-8H2,1H3,(H2,14,19,20)(H,15,16,18). The summed E-state index contributed by atoms with van der Waals surface area (Å²) in [5.74, 6) is -0.361. The molecule has 3 N–H and O–H groups in total. The molecule has 1 heterocycles. The van der Waals surface area contributed by atoms with E-state index in [1.165, 1.54) is 10.9 Å². The van der Waals surface area contributed by atoms with Crippen molar-refractivity contribution in [3.63, 3.8) is 0 Å². The fourth-order valence-electron chi connectivity index (χ4n) is 1.86. The van der Waals surface area contributed by atoms with Gasteiger partial charge in [0, 0.05) is 19.7 Å². The molecule has 1 aromatic carbocycles. The average Bonchev–Trinajstić information content (AvgIpc) is 2.78. The normalized spacial score (nSPS) is 11.3. The molecule has 21 heavy (non-hydrogen) atoms. The zero-order valence-corrected chi connectivity index (χ0v) is 12.3. The van der Waals surface area contributed by atoms with Gasteiger partial charge in [-0.25, -0.2) is 13.6 Å². The minimum absolute atomic E-state index is 0.0435. The van der Waals surface area contributed by atoms with E-state index in [0.29, 0.717) is 6.42 Å². The van der Waals surface area contributed by atoms with Crippen molar-refractivity contribution in [2.75, 3.05) is 5.32 Å². The van der Waals surface area contributed by atoms with Crippen LogP contribution in [0.3, 0.4) is 0 Å². The number of rotatable bonds is 5. The highest BCUT2D eigenvalue weighted by Crippen LogP contribution is 2.17. The summed E-state index contributed by atoms with van der Waals surface area (Å²) in [6.45, 7) is 0. The molecule has 0 fully saturated rings. The Morgan fingerprint density at radius 2 is 2.00 bits per heavy atom. The fourth-order valence-corrected chi connectivity index (χ4v) is 2.52. The lowest BCUT2D eigenvalue weighted by atomic mass is 10.1. The van der Waals surface area contributed by atoms with Gasteiger partial charge in [0.15, 0.2) is 5.82 Å². The summed E-state index contributed by atoms with van der Waals surface area (Å²) in [4.78, 5) is 11.7. The first-order valence-corrected chi connectivity index (χ1v) is 7.81. The first-order valence-electron chi connectivity index (χ1n) is 6.26. The van der Waals surface area contributed by atoms with Gasteiger partial charge in [-0.1, -0.05) is 30.3 Å². The van der Waals surface area contributed by atoms with Gasteiger partial charge in [-0.2, -0.15) is 5.10 Å². The van der Waals surface area contributed by atoms with E-state index in [0.717, 1.165) is 5.56 Å². The molecule has 0 aliphatic rings. The number of hydrogen-bond donors (Lipinski definition) is 2. The van der Waals surface area contributed by atoms with Gasteiger partial charge in [0.05, 0.1) is 0 Å². The van der Waals surface area contributed by atoms with E-state index in [1.807, 2.05) is 30.3 Å². The maximum atomic E-state index is 11.9. The molecule has 1 amide bonds. The molecular weight excluding hydrogens is 292 g/mol. The predicted octanol–water partition coefficient (Wildman–Crippen LogP) is 0.639. The smallest absolute Gasteiger partial charge is 0.243 e. The molecule has 0 spiro atoms. The average molecular weight is 308 g/mol. The molecule has 0 bridgehead atoms. The summed E-state index contributed by atoms with van der Waals surface area (Å²) in [5, 5.41) is 11.5. The van der Waals surface area contributed by atoms with Gasteiger partial charge in [-0.05, 0) is 12.0 Å². The van der Waals surface area contributed by atoms with Gasteiger partial charge in [0.2, 0.25) is 15.9 Å². The molecule has 0 aliphatic carbocycles. The Kier molecular flexibility index (Phi) is 4.39. The molecule has 8 heteroatoms. The lowest BCUT2D eigenvalue weighted by Crippen LogP contribution is -2.18. The van der Waals surface area contributed by atoms with Crippen molar-refractivity contribution >= 4 is 21.7 Å². The van der Waals surface area contributed by atoms with E-state index in [-0.39, 0.29) is 23.0 Å². The summed E-state index contributed by atoms with van der Waals surface area (Å²) in [6.07, 6.45) is 2.04. The number of primary sulfonamides is 1. The van der Waals surface area contributed by atoms with Gasteiger partial charge in [0.25, 0.3) is 0 Å². The third-order valence-corrected chi connectivity index (χ3v) is 3.75. The molecule has 0 radical (unpaired) electrons. The van der Waals surface area contributed by atoms with Crippen LogP contribution in [0, 0.1) is 0 Å². The molecule has 112 valence electrons. The van der Waals surface area contributed by atoms with Crippen LogP contribution in [0.4, 0.5) is 5.82 Å². The molecule has 0 saturated heterocycles. The second kappa shape index (κ2) is 6.06. The van der Waals surface area contributed by atoms with E-state index in [1.54, 1.807) is 7.05 Å². The Labute approximate surface area is 122 Å². The molecule has 0 saturated carbocycles. The van der Waals surface area contributed by atoms with Crippen molar-refractivity contribution in [2.45, 2.75) is 17.7 Å². The Morgan fingerprint density at radius 1 is 1.33 bits per heavy atom. The number of nitrogens with zero attached hydrogens (tertiary/aromatic N) is 2. The Hall–Kier alpha value is -2.19. The van der Waals surface area contributed by atoms with E-state index < -0.39 is 10.0 Å². The van der Waals surface area contributed by atoms with Crippen LogP contribution in [0.2, 0.25) is 0 Å². The molecule has 0 atom stereocenters. The SMILES string of the molecule is Cn1cc(S(N)(=O)=O)c(NC(=O)CCc2ccccc2)n1. The van der Waals surface area contributed by atoms with Gasteiger partial charge >= 0.3 is 0 Å². The van der Waals surface area contributed by atoms with Gasteiger partial charge in [-0.15, -0.1) is 0 Å². The fraction of sp³-hybridized carbons (Fsp3) is 0.231. The zero-order chi connectivity index (χ0) is 15.5. The maximum absolute atomic E-state index is 11.9. The number of aryl methyl sites for hydroxylation is 2. The minimum Gasteiger partial charge on any atom is -0.308 e. The number of aromatic nitrogens is 2. The quantitative estimate of drug-likeness (QED) is 0.845. The Balaban J connectivity index is 2.04. The first kappa shape index (κ1) is 15.2. The summed E-state index contributed by atoms with van der Waals surface area (Å²) >= 11 is 0.